The Morgan fingerprint density at radius 2 is 2.21 bits per heavy atom. The molecule has 1 saturated heterocycles. The maximum absolute atomic E-state index is 13.3. The standard InChI is InChI=1S/C9H18F2N2O/c1-2-4-12-6-8(14)3-5-13-7-9(8,10)11/h12-14H,2-7H2,1H3. The van der Waals surface area contributed by atoms with Gasteiger partial charge in [0.1, 0.15) is 5.60 Å². The molecular weight excluding hydrogens is 190 g/mol. The molecule has 84 valence electrons. The molecule has 0 bridgehead atoms. The van der Waals surface area contributed by atoms with Crippen molar-refractivity contribution in [3.8, 4) is 0 Å². The van der Waals surface area contributed by atoms with Crippen LogP contribution in [0.15, 0.2) is 0 Å². The molecule has 1 aliphatic rings. The predicted molar refractivity (Wildman–Crippen MR) is 50.5 cm³/mol. The first-order valence-electron chi connectivity index (χ1n) is 5.03. The van der Waals surface area contributed by atoms with E-state index in [1.807, 2.05) is 6.92 Å². The largest absolute Gasteiger partial charge is 0.382 e. The van der Waals surface area contributed by atoms with Crippen molar-refractivity contribution in [3.63, 3.8) is 0 Å². The lowest BCUT2D eigenvalue weighted by Gasteiger charge is -2.40. The highest BCUT2D eigenvalue weighted by Gasteiger charge is 2.53. The first-order valence-corrected chi connectivity index (χ1v) is 5.03. The molecule has 5 heteroatoms. The molecule has 0 saturated carbocycles. The zero-order valence-corrected chi connectivity index (χ0v) is 8.45. The van der Waals surface area contributed by atoms with Crippen LogP contribution in [0.3, 0.4) is 0 Å². The highest BCUT2D eigenvalue weighted by atomic mass is 19.3. The molecule has 1 rings (SSSR count). The van der Waals surface area contributed by atoms with Crippen molar-refractivity contribution >= 4 is 0 Å². The van der Waals surface area contributed by atoms with Crippen molar-refractivity contribution in [2.24, 2.45) is 0 Å². The lowest BCUT2D eigenvalue weighted by Crippen LogP contribution is -2.63. The first kappa shape index (κ1) is 11.8. The van der Waals surface area contributed by atoms with Gasteiger partial charge >= 0.3 is 0 Å². The number of nitrogens with one attached hydrogen (secondary N) is 2. The summed E-state index contributed by atoms with van der Waals surface area (Å²) in [5.41, 5.74) is -1.88. The summed E-state index contributed by atoms with van der Waals surface area (Å²) in [5, 5.41) is 15.2. The van der Waals surface area contributed by atoms with E-state index in [-0.39, 0.29) is 13.0 Å². The fraction of sp³-hybridized carbons (Fsp3) is 1.00. The van der Waals surface area contributed by atoms with Crippen LogP contribution in [0.5, 0.6) is 0 Å². The van der Waals surface area contributed by atoms with Crippen LogP contribution in [0.2, 0.25) is 0 Å². The maximum Gasteiger partial charge on any atom is 0.289 e. The summed E-state index contributed by atoms with van der Waals surface area (Å²) in [4.78, 5) is 0. The molecule has 1 heterocycles. The molecule has 1 unspecified atom stereocenters. The summed E-state index contributed by atoms with van der Waals surface area (Å²) < 4.78 is 26.7. The van der Waals surface area contributed by atoms with Crippen LogP contribution in [0, 0.1) is 0 Å². The molecule has 1 fully saturated rings. The monoisotopic (exact) mass is 208 g/mol. The number of aliphatic hydroxyl groups is 1. The third-order valence-electron chi connectivity index (χ3n) is 2.59. The Balaban J connectivity index is 2.51. The topological polar surface area (TPSA) is 44.3 Å². The van der Waals surface area contributed by atoms with Crippen LogP contribution in [-0.2, 0) is 0 Å². The molecule has 14 heavy (non-hydrogen) atoms. The second-order valence-electron chi connectivity index (χ2n) is 3.84. The number of piperidine rings is 1. The summed E-state index contributed by atoms with van der Waals surface area (Å²) in [6.07, 6.45) is 0.969. The third kappa shape index (κ3) is 2.40. The van der Waals surface area contributed by atoms with Crippen molar-refractivity contribution in [2.45, 2.75) is 31.3 Å². The van der Waals surface area contributed by atoms with E-state index in [4.69, 9.17) is 0 Å². The number of rotatable bonds is 4. The molecule has 0 aliphatic carbocycles. The van der Waals surface area contributed by atoms with E-state index in [9.17, 15) is 13.9 Å². The number of hydrogen-bond acceptors (Lipinski definition) is 3. The molecule has 0 aromatic carbocycles. The maximum atomic E-state index is 13.3. The zero-order valence-electron chi connectivity index (χ0n) is 8.45. The third-order valence-corrected chi connectivity index (χ3v) is 2.59. The highest BCUT2D eigenvalue weighted by molar-refractivity contribution is 4.99. The fourth-order valence-electron chi connectivity index (χ4n) is 1.58. The zero-order chi connectivity index (χ0) is 10.7. The Morgan fingerprint density at radius 3 is 2.79 bits per heavy atom. The van der Waals surface area contributed by atoms with Crippen LogP contribution in [0.1, 0.15) is 19.8 Å². The molecule has 1 atom stereocenters. The van der Waals surface area contributed by atoms with E-state index in [0.717, 1.165) is 6.42 Å². The van der Waals surface area contributed by atoms with Crippen molar-refractivity contribution in [2.75, 3.05) is 26.2 Å². The molecular formula is C9H18F2N2O. The first-order chi connectivity index (χ1) is 6.52. The molecule has 3 nitrogen and oxygen atoms in total. The molecule has 0 spiro atoms. The average Bonchev–Trinajstić information content (AvgIpc) is 2.11. The van der Waals surface area contributed by atoms with Crippen LogP contribution in [0.25, 0.3) is 0 Å². The Labute approximate surface area is 82.9 Å². The number of halogens is 2. The van der Waals surface area contributed by atoms with Gasteiger partial charge < -0.3 is 15.7 Å². The second-order valence-corrected chi connectivity index (χ2v) is 3.84. The summed E-state index contributed by atoms with van der Waals surface area (Å²) >= 11 is 0. The van der Waals surface area contributed by atoms with E-state index < -0.39 is 18.1 Å². The van der Waals surface area contributed by atoms with Gasteiger partial charge in [0.2, 0.25) is 0 Å². The van der Waals surface area contributed by atoms with Crippen LogP contribution >= 0.6 is 0 Å². The van der Waals surface area contributed by atoms with Crippen LogP contribution in [-0.4, -0.2) is 42.8 Å². The van der Waals surface area contributed by atoms with E-state index in [1.165, 1.54) is 0 Å². The van der Waals surface area contributed by atoms with Gasteiger partial charge in [-0.3, -0.25) is 0 Å². The van der Waals surface area contributed by atoms with Crippen molar-refractivity contribution in [1.29, 1.82) is 0 Å². The van der Waals surface area contributed by atoms with Gasteiger partial charge in [-0.2, -0.15) is 0 Å². The number of alkyl halides is 2. The second kappa shape index (κ2) is 4.51. The van der Waals surface area contributed by atoms with Gasteiger partial charge in [0.25, 0.3) is 5.92 Å². The van der Waals surface area contributed by atoms with Gasteiger partial charge in [-0.05, 0) is 25.9 Å². The van der Waals surface area contributed by atoms with Crippen molar-refractivity contribution < 1.29 is 13.9 Å². The minimum Gasteiger partial charge on any atom is -0.382 e. The molecule has 0 amide bonds. The molecule has 0 aromatic rings. The molecule has 0 radical (unpaired) electrons. The molecule has 3 N–H and O–H groups in total. The van der Waals surface area contributed by atoms with E-state index in [2.05, 4.69) is 10.6 Å². The van der Waals surface area contributed by atoms with E-state index in [0.29, 0.717) is 13.1 Å². The van der Waals surface area contributed by atoms with Crippen LogP contribution in [0.4, 0.5) is 8.78 Å². The lowest BCUT2D eigenvalue weighted by molar-refractivity contribution is -0.190. The minimum atomic E-state index is -3.04. The van der Waals surface area contributed by atoms with Gasteiger partial charge in [-0.15, -0.1) is 0 Å². The predicted octanol–water partition coefficient (Wildman–Crippen LogP) is 0.346. The van der Waals surface area contributed by atoms with Gasteiger partial charge in [0, 0.05) is 6.54 Å². The van der Waals surface area contributed by atoms with Gasteiger partial charge in [-0.1, -0.05) is 6.92 Å². The quantitative estimate of drug-likeness (QED) is 0.584. The van der Waals surface area contributed by atoms with Gasteiger partial charge in [0.15, 0.2) is 0 Å². The Morgan fingerprint density at radius 1 is 1.50 bits per heavy atom. The van der Waals surface area contributed by atoms with E-state index >= 15 is 0 Å². The average molecular weight is 208 g/mol. The van der Waals surface area contributed by atoms with Gasteiger partial charge in [0.05, 0.1) is 6.54 Å². The minimum absolute atomic E-state index is 0.0322. The summed E-state index contributed by atoms with van der Waals surface area (Å²) in [7, 11) is 0. The summed E-state index contributed by atoms with van der Waals surface area (Å²) in [6.45, 7) is 2.59. The van der Waals surface area contributed by atoms with Gasteiger partial charge in [-0.25, -0.2) is 8.78 Å². The Bertz CT molecular complexity index is 190. The number of hydrogen-bond donors (Lipinski definition) is 3. The molecule has 0 aromatic heterocycles. The van der Waals surface area contributed by atoms with Crippen LogP contribution < -0.4 is 10.6 Å². The lowest BCUT2D eigenvalue weighted by atomic mass is 9.88. The Kier molecular flexibility index (Phi) is 3.80. The smallest absolute Gasteiger partial charge is 0.289 e. The normalized spacial score (nSPS) is 31.7. The summed E-state index contributed by atoms with van der Waals surface area (Å²) in [5.74, 6) is -3.04. The fourth-order valence-corrected chi connectivity index (χ4v) is 1.58. The van der Waals surface area contributed by atoms with E-state index in [1.54, 1.807) is 0 Å². The summed E-state index contributed by atoms with van der Waals surface area (Å²) in [6, 6.07) is 0. The SMILES string of the molecule is CCCNCC1(O)CCNCC1(F)F. The van der Waals surface area contributed by atoms with Crippen molar-refractivity contribution in [1.82, 2.24) is 10.6 Å². The molecule has 1 aliphatic heterocycles. The Hall–Kier alpha value is -0.260. The highest BCUT2D eigenvalue weighted by Crippen LogP contribution is 2.32. The van der Waals surface area contributed by atoms with Crippen molar-refractivity contribution in [3.05, 3.63) is 0 Å².